The number of carbonyl (C=O) groups excluding carboxylic acids is 1. The first kappa shape index (κ1) is 20.4. The Balaban J connectivity index is 1.88. The number of carbonyl (C=O) groups is 1. The highest BCUT2D eigenvalue weighted by Crippen LogP contribution is 2.26. The number of hydrogen-bond donors (Lipinski definition) is 1. The van der Waals surface area contributed by atoms with E-state index in [2.05, 4.69) is 21.9 Å². The third-order valence-electron chi connectivity index (χ3n) is 3.84. The van der Waals surface area contributed by atoms with Gasteiger partial charge in [-0.1, -0.05) is 53.2 Å². The maximum atomic E-state index is 12.8. The van der Waals surface area contributed by atoms with E-state index in [1.54, 1.807) is 31.2 Å². The summed E-state index contributed by atoms with van der Waals surface area (Å²) in [5.74, 6) is -0.104. The summed E-state index contributed by atoms with van der Waals surface area (Å²) in [5.41, 5.74) is 0.397. The molecule has 2 aromatic heterocycles. The van der Waals surface area contributed by atoms with Gasteiger partial charge in [-0.2, -0.15) is 0 Å². The number of benzene rings is 1. The first-order valence-corrected chi connectivity index (χ1v) is 9.93. The largest absolute Gasteiger partial charge is 0.308 e. The van der Waals surface area contributed by atoms with Crippen LogP contribution in [0.4, 0.5) is 5.82 Å². The molecule has 3 aromatic rings. The number of hydrogen-bond acceptors (Lipinski definition) is 5. The number of fused-ring (bicyclic) bond motifs is 1. The molecule has 0 aliphatic rings. The number of allylic oxidation sites excluding steroid dienone is 1. The summed E-state index contributed by atoms with van der Waals surface area (Å²) < 4.78 is 1.50. The molecule has 144 valence electrons. The Morgan fingerprint density at radius 1 is 1.39 bits per heavy atom. The third kappa shape index (κ3) is 4.38. The SMILES string of the molecule is C=CCn1c(SC(C)C(=O)Nc2ncc(Cl)cc2Cl)nc2ccccc2c1=O. The molecule has 0 saturated heterocycles. The zero-order valence-electron chi connectivity index (χ0n) is 14.9. The molecule has 0 bridgehead atoms. The molecule has 1 atom stereocenters. The summed E-state index contributed by atoms with van der Waals surface area (Å²) in [7, 11) is 0. The number of amides is 1. The maximum absolute atomic E-state index is 12.8. The van der Waals surface area contributed by atoms with Crippen LogP contribution < -0.4 is 10.9 Å². The fourth-order valence-corrected chi connectivity index (χ4v) is 3.81. The van der Waals surface area contributed by atoms with Crippen molar-refractivity contribution >= 4 is 57.6 Å². The van der Waals surface area contributed by atoms with Crippen molar-refractivity contribution in [3.8, 4) is 0 Å². The molecule has 0 radical (unpaired) electrons. The first-order chi connectivity index (χ1) is 13.4. The molecule has 1 unspecified atom stereocenters. The number of aromatic nitrogens is 3. The van der Waals surface area contributed by atoms with Crippen LogP contribution in [0.5, 0.6) is 0 Å². The van der Waals surface area contributed by atoms with Crippen LogP contribution in [0.25, 0.3) is 10.9 Å². The van der Waals surface area contributed by atoms with Crippen molar-refractivity contribution in [2.75, 3.05) is 5.32 Å². The van der Waals surface area contributed by atoms with Crippen LogP contribution in [0.2, 0.25) is 10.0 Å². The zero-order chi connectivity index (χ0) is 20.3. The van der Waals surface area contributed by atoms with Gasteiger partial charge in [0.15, 0.2) is 11.0 Å². The smallest absolute Gasteiger partial charge is 0.262 e. The minimum absolute atomic E-state index is 0.178. The summed E-state index contributed by atoms with van der Waals surface area (Å²) in [6, 6.07) is 8.58. The lowest BCUT2D eigenvalue weighted by molar-refractivity contribution is -0.115. The number of thioether (sulfide) groups is 1. The Morgan fingerprint density at radius 2 is 2.14 bits per heavy atom. The summed E-state index contributed by atoms with van der Waals surface area (Å²) >= 11 is 13.0. The topological polar surface area (TPSA) is 76.9 Å². The van der Waals surface area contributed by atoms with Crippen LogP contribution in [-0.2, 0) is 11.3 Å². The molecule has 0 saturated carbocycles. The van der Waals surface area contributed by atoms with Crippen molar-refractivity contribution in [2.45, 2.75) is 23.9 Å². The summed E-state index contributed by atoms with van der Waals surface area (Å²) in [5, 5.41) is 3.67. The fourth-order valence-electron chi connectivity index (χ4n) is 2.46. The van der Waals surface area contributed by atoms with Crippen molar-refractivity contribution < 1.29 is 4.79 Å². The van der Waals surface area contributed by atoms with Crippen molar-refractivity contribution in [3.05, 3.63) is 69.6 Å². The lowest BCUT2D eigenvalue weighted by Crippen LogP contribution is -2.27. The highest BCUT2D eigenvalue weighted by Gasteiger charge is 2.20. The molecular weight excluding hydrogens is 419 g/mol. The van der Waals surface area contributed by atoms with Crippen molar-refractivity contribution in [1.82, 2.24) is 14.5 Å². The van der Waals surface area contributed by atoms with E-state index >= 15 is 0 Å². The minimum Gasteiger partial charge on any atom is -0.308 e. The van der Waals surface area contributed by atoms with Crippen molar-refractivity contribution in [3.63, 3.8) is 0 Å². The summed E-state index contributed by atoms with van der Waals surface area (Å²) in [6.45, 7) is 5.70. The molecule has 1 aromatic carbocycles. The van der Waals surface area contributed by atoms with Crippen LogP contribution in [0, 0.1) is 0 Å². The molecule has 0 aliphatic carbocycles. The van der Waals surface area contributed by atoms with Gasteiger partial charge in [0.1, 0.15) is 0 Å². The second-order valence-corrected chi connectivity index (χ2v) is 8.00. The first-order valence-electron chi connectivity index (χ1n) is 8.29. The Bertz CT molecular complexity index is 1120. The van der Waals surface area contributed by atoms with E-state index in [4.69, 9.17) is 23.2 Å². The molecule has 28 heavy (non-hydrogen) atoms. The van der Waals surface area contributed by atoms with E-state index in [9.17, 15) is 9.59 Å². The van der Waals surface area contributed by atoms with Gasteiger partial charge < -0.3 is 5.32 Å². The average Bonchev–Trinajstić information content (AvgIpc) is 2.67. The van der Waals surface area contributed by atoms with Crippen LogP contribution in [0.15, 0.2) is 59.1 Å². The van der Waals surface area contributed by atoms with Gasteiger partial charge in [0, 0.05) is 12.7 Å². The number of halogens is 2. The Morgan fingerprint density at radius 3 is 2.86 bits per heavy atom. The number of nitrogens with zero attached hydrogens (tertiary/aromatic N) is 3. The minimum atomic E-state index is -0.558. The van der Waals surface area contributed by atoms with Crippen LogP contribution in [0.3, 0.4) is 0 Å². The highest BCUT2D eigenvalue weighted by molar-refractivity contribution is 8.00. The van der Waals surface area contributed by atoms with E-state index in [0.29, 0.717) is 21.1 Å². The van der Waals surface area contributed by atoms with Crippen LogP contribution in [-0.4, -0.2) is 25.7 Å². The monoisotopic (exact) mass is 434 g/mol. The molecule has 0 fully saturated rings. The number of anilines is 1. The van der Waals surface area contributed by atoms with Gasteiger partial charge in [-0.25, -0.2) is 9.97 Å². The average molecular weight is 435 g/mol. The van der Waals surface area contributed by atoms with Gasteiger partial charge in [0.2, 0.25) is 5.91 Å². The van der Waals surface area contributed by atoms with E-state index in [-0.39, 0.29) is 28.9 Å². The third-order valence-corrected chi connectivity index (χ3v) is 5.42. The van der Waals surface area contributed by atoms with Gasteiger partial charge in [-0.3, -0.25) is 14.2 Å². The van der Waals surface area contributed by atoms with Crippen LogP contribution >= 0.6 is 35.0 Å². The number of para-hydroxylation sites is 1. The van der Waals surface area contributed by atoms with Gasteiger partial charge in [-0.15, -0.1) is 6.58 Å². The van der Waals surface area contributed by atoms with Crippen molar-refractivity contribution in [1.29, 1.82) is 0 Å². The molecule has 9 heteroatoms. The second-order valence-electron chi connectivity index (χ2n) is 5.85. The molecule has 2 heterocycles. The van der Waals surface area contributed by atoms with E-state index in [1.165, 1.54) is 28.6 Å². The van der Waals surface area contributed by atoms with E-state index in [0.717, 1.165) is 0 Å². The van der Waals surface area contributed by atoms with Gasteiger partial charge in [0.25, 0.3) is 5.56 Å². The van der Waals surface area contributed by atoms with Gasteiger partial charge >= 0.3 is 0 Å². The quantitative estimate of drug-likeness (QED) is 0.353. The molecule has 6 nitrogen and oxygen atoms in total. The molecule has 1 N–H and O–H groups in total. The Kier molecular flexibility index (Phi) is 6.39. The fraction of sp³-hybridized carbons (Fsp3) is 0.158. The Hall–Kier alpha value is -2.35. The maximum Gasteiger partial charge on any atom is 0.262 e. The highest BCUT2D eigenvalue weighted by atomic mass is 35.5. The van der Waals surface area contributed by atoms with Crippen LogP contribution in [0.1, 0.15) is 6.92 Å². The normalized spacial score (nSPS) is 12.0. The van der Waals surface area contributed by atoms with Gasteiger partial charge in [-0.05, 0) is 25.1 Å². The molecule has 3 rings (SSSR count). The number of rotatable bonds is 6. The molecular formula is C19H16Cl2N4O2S. The van der Waals surface area contributed by atoms with Crippen molar-refractivity contribution in [2.24, 2.45) is 0 Å². The predicted octanol–water partition coefficient (Wildman–Crippen LogP) is 4.40. The van der Waals surface area contributed by atoms with Gasteiger partial charge in [0.05, 0.1) is 26.2 Å². The lowest BCUT2D eigenvalue weighted by atomic mass is 10.2. The lowest BCUT2D eigenvalue weighted by Gasteiger charge is -2.15. The number of nitrogens with one attached hydrogen (secondary N) is 1. The predicted molar refractivity (Wildman–Crippen MR) is 114 cm³/mol. The number of pyridine rings is 1. The standard InChI is InChI=1S/C19H16Cl2N4O2S/c1-3-8-25-18(27)13-6-4-5-7-15(13)23-19(25)28-11(2)17(26)24-16-14(21)9-12(20)10-22-16/h3-7,9-11H,1,8H2,2H3,(H,22,24,26). The summed E-state index contributed by atoms with van der Waals surface area (Å²) in [4.78, 5) is 33.9. The molecule has 1 amide bonds. The zero-order valence-corrected chi connectivity index (χ0v) is 17.2. The molecule has 0 aliphatic heterocycles. The van der Waals surface area contributed by atoms with E-state index < -0.39 is 5.25 Å². The van der Waals surface area contributed by atoms with E-state index in [1.807, 2.05) is 6.07 Å². The Labute approximate surface area is 175 Å². The molecule has 0 spiro atoms. The summed E-state index contributed by atoms with van der Waals surface area (Å²) in [6.07, 6.45) is 3.01. The second kappa shape index (κ2) is 8.77.